The third-order valence-corrected chi connectivity index (χ3v) is 4.76. The van der Waals surface area contributed by atoms with Gasteiger partial charge in [-0.15, -0.1) is 0 Å². The second kappa shape index (κ2) is 9.82. The van der Waals surface area contributed by atoms with Gasteiger partial charge in [-0.2, -0.15) is 0 Å². The van der Waals surface area contributed by atoms with Gasteiger partial charge in [-0.25, -0.2) is 4.79 Å². The second-order valence-electron chi connectivity index (χ2n) is 6.82. The number of amides is 2. The van der Waals surface area contributed by atoms with Crippen LogP contribution in [0.15, 0.2) is 34.9 Å². The van der Waals surface area contributed by atoms with Crippen LogP contribution in [0.1, 0.15) is 46.6 Å². The Labute approximate surface area is 173 Å². The first-order chi connectivity index (χ1) is 14.5. The van der Waals surface area contributed by atoms with Crippen LogP contribution in [0.5, 0.6) is 11.5 Å². The first kappa shape index (κ1) is 21.2. The third-order valence-electron chi connectivity index (χ3n) is 4.76. The molecule has 0 radical (unpaired) electrons. The van der Waals surface area contributed by atoms with Gasteiger partial charge in [0.1, 0.15) is 0 Å². The highest BCUT2D eigenvalue weighted by Crippen LogP contribution is 2.37. The topological polar surface area (TPSA) is 116 Å². The Morgan fingerprint density at radius 3 is 2.53 bits per heavy atom. The summed E-state index contributed by atoms with van der Waals surface area (Å²) in [5.74, 6) is -1.06. The number of ether oxygens (including phenoxy) is 3. The van der Waals surface area contributed by atoms with Crippen molar-refractivity contribution in [2.24, 2.45) is 0 Å². The van der Waals surface area contributed by atoms with Crippen molar-refractivity contribution in [1.29, 1.82) is 0 Å². The average molecular weight is 416 g/mol. The van der Waals surface area contributed by atoms with Gasteiger partial charge in [0.05, 0.1) is 31.7 Å². The lowest BCUT2D eigenvalue weighted by Crippen LogP contribution is -2.35. The van der Waals surface area contributed by atoms with E-state index < -0.39 is 18.5 Å². The van der Waals surface area contributed by atoms with Crippen LogP contribution in [0.2, 0.25) is 0 Å². The number of rotatable bonds is 8. The minimum Gasteiger partial charge on any atom is -0.493 e. The standard InChI is InChI=1S/C21H24N2O7/c1-27-17-11-13(21(26)30-12-18(24)22-14-6-3-4-7-14)10-15(19(17)28-2)23-20(25)16-8-5-9-29-16/h5,8-11,14H,3-4,6-7,12H2,1-2H3,(H,22,24)(H,23,25). The SMILES string of the molecule is COc1cc(C(=O)OCC(=O)NC2CCCC2)cc(NC(=O)c2ccco2)c1OC. The molecule has 9 heteroatoms. The van der Waals surface area contributed by atoms with Gasteiger partial charge in [-0.1, -0.05) is 12.8 Å². The van der Waals surface area contributed by atoms with Crippen molar-refractivity contribution in [3.05, 3.63) is 41.9 Å². The smallest absolute Gasteiger partial charge is 0.338 e. The highest BCUT2D eigenvalue weighted by Gasteiger charge is 2.22. The summed E-state index contributed by atoms with van der Waals surface area (Å²) in [4.78, 5) is 36.8. The quantitative estimate of drug-likeness (QED) is 0.636. The zero-order valence-electron chi connectivity index (χ0n) is 16.9. The summed E-state index contributed by atoms with van der Waals surface area (Å²) >= 11 is 0. The summed E-state index contributed by atoms with van der Waals surface area (Å²) in [6, 6.07) is 6.02. The van der Waals surface area contributed by atoms with Gasteiger partial charge in [0.2, 0.25) is 0 Å². The number of esters is 1. The van der Waals surface area contributed by atoms with Gasteiger partial charge in [0.25, 0.3) is 11.8 Å². The molecule has 1 saturated carbocycles. The van der Waals surface area contributed by atoms with Crippen LogP contribution in [0, 0.1) is 0 Å². The number of carbonyl (C=O) groups is 3. The molecule has 0 aliphatic heterocycles. The fraction of sp³-hybridized carbons (Fsp3) is 0.381. The van der Waals surface area contributed by atoms with Crippen molar-refractivity contribution in [3.8, 4) is 11.5 Å². The molecule has 0 atom stereocenters. The van der Waals surface area contributed by atoms with Crippen molar-refractivity contribution in [1.82, 2.24) is 5.32 Å². The van der Waals surface area contributed by atoms with Gasteiger partial charge >= 0.3 is 5.97 Å². The summed E-state index contributed by atoms with van der Waals surface area (Å²) < 4.78 is 20.8. The maximum absolute atomic E-state index is 12.5. The summed E-state index contributed by atoms with van der Waals surface area (Å²) in [6.07, 6.45) is 5.42. The van der Waals surface area contributed by atoms with Crippen LogP contribution in [-0.4, -0.2) is 44.7 Å². The Morgan fingerprint density at radius 2 is 1.90 bits per heavy atom. The Morgan fingerprint density at radius 1 is 1.13 bits per heavy atom. The molecule has 2 amide bonds. The highest BCUT2D eigenvalue weighted by atomic mass is 16.5. The van der Waals surface area contributed by atoms with Crippen LogP contribution in [0.4, 0.5) is 5.69 Å². The predicted molar refractivity (Wildman–Crippen MR) is 107 cm³/mol. The van der Waals surface area contributed by atoms with Gasteiger partial charge in [0, 0.05) is 6.04 Å². The number of benzene rings is 1. The van der Waals surface area contributed by atoms with E-state index in [1.807, 2.05) is 0 Å². The van der Waals surface area contributed by atoms with E-state index in [1.54, 1.807) is 6.07 Å². The van der Waals surface area contributed by atoms with E-state index in [1.165, 1.54) is 38.7 Å². The van der Waals surface area contributed by atoms with Crippen molar-refractivity contribution in [3.63, 3.8) is 0 Å². The molecule has 3 rings (SSSR count). The Bertz CT molecular complexity index is 902. The number of hydrogen-bond donors (Lipinski definition) is 2. The molecule has 0 bridgehead atoms. The van der Waals surface area contributed by atoms with Crippen molar-refractivity contribution in [2.45, 2.75) is 31.7 Å². The summed E-state index contributed by atoms with van der Waals surface area (Å²) in [5.41, 5.74) is 0.289. The van der Waals surface area contributed by atoms with Crippen LogP contribution < -0.4 is 20.1 Å². The molecule has 0 spiro atoms. The number of methoxy groups -OCH3 is 2. The largest absolute Gasteiger partial charge is 0.493 e. The molecule has 1 aliphatic carbocycles. The Balaban J connectivity index is 1.72. The molecule has 1 fully saturated rings. The molecular weight excluding hydrogens is 392 g/mol. The fourth-order valence-corrected chi connectivity index (χ4v) is 3.32. The van der Waals surface area contributed by atoms with E-state index in [0.717, 1.165) is 25.7 Å². The number of anilines is 1. The number of hydrogen-bond acceptors (Lipinski definition) is 7. The van der Waals surface area contributed by atoms with Crippen LogP contribution in [0.25, 0.3) is 0 Å². The molecular formula is C21H24N2O7. The lowest BCUT2D eigenvalue weighted by Gasteiger charge is -2.15. The zero-order chi connectivity index (χ0) is 21.5. The molecule has 0 saturated heterocycles. The van der Waals surface area contributed by atoms with Crippen molar-refractivity contribution in [2.75, 3.05) is 26.1 Å². The number of furan rings is 1. The molecule has 1 heterocycles. The van der Waals surface area contributed by atoms with Gasteiger partial charge in [-0.05, 0) is 37.1 Å². The molecule has 2 aromatic rings. The second-order valence-corrected chi connectivity index (χ2v) is 6.82. The normalized spacial score (nSPS) is 13.5. The molecule has 1 aromatic heterocycles. The van der Waals surface area contributed by atoms with Crippen molar-refractivity contribution < 1.29 is 33.0 Å². The fourth-order valence-electron chi connectivity index (χ4n) is 3.32. The number of nitrogens with one attached hydrogen (secondary N) is 2. The first-order valence-corrected chi connectivity index (χ1v) is 9.59. The molecule has 1 aromatic carbocycles. The molecule has 160 valence electrons. The zero-order valence-corrected chi connectivity index (χ0v) is 16.9. The van der Waals surface area contributed by atoms with Gasteiger partial charge < -0.3 is 29.3 Å². The van der Waals surface area contributed by atoms with E-state index in [-0.39, 0.29) is 40.5 Å². The van der Waals surface area contributed by atoms with Gasteiger partial charge in [0.15, 0.2) is 23.9 Å². The van der Waals surface area contributed by atoms with E-state index in [9.17, 15) is 14.4 Å². The summed E-state index contributed by atoms with van der Waals surface area (Å²) in [7, 11) is 2.81. The predicted octanol–water partition coefficient (Wildman–Crippen LogP) is 2.76. The molecule has 0 unspecified atom stereocenters. The lowest BCUT2D eigenvalue weighted by atomic mass is 10.1. The summed E-state index contributed by atoms with van der Waals surface area (Å²) in [6.45, 7) is -0.391. The van der Waals surface area contributed by atoms with E-state index in [2.05, 4.69) is 10.6 Å². The Hall–Kier alpha value is -3.49. The van der Waals surface area contributed by atoms with E-state index >= 15 is 0 Å². The van der Waals surface area contributed by atoms with Crippen LogP contribution in [-0.2, 0) is 9.53 Å². The number of carbonyl (C=O) groups excluding carboxylic acids is 3. The lowest BCUT2D eigenvalue weighted by molar-refractivity contribution is -0.124. The highest BCUT2D eigenvalue weighted by molar-refractivity contribution is 6.04. The van der Waals surface area contributed by atoms with E-state index in [0.29, 0.717) is 0 Å². The average Bonchev–Trinajstić information content (AvgIpc) is 3.45. The maximum atomic E-state index is 12.5. The minimum absolute atomic E-state index is 0.0904. The third kappa shape index (κ3) is 5.11. The minimum atomic E-state index is -0.731. The van der Waals surface area contributed by atoms with E-state index in [4.69, 9.17) is 18.6 Å². The van der Waals surface area contributed by atoms with Gasteiger partial charge in [-0.3, -0.25) is 9.59 Å². The molecule has 9 nitrogen and oxygen atoms in total. The molecule has 30 heavy (non-hydrogen) atoms. The summed E-state index contributed by atoms with van der Waals surface area (Å²) in [5, 5.41) is 5.47. The molecule has 2 N–H and O–H groups in total. The Kier molecular flexibility index (Phi) is 6.95. The first-order valence-electron chi connectivity index (χ1n) is 9.59. The van der Waals surface area contributed by atoms with Crippen LogP contribution in [0.3, 0.4) is 0 Å². The van der Waals surface area contributed by atoms with Crippen LogP contribution >= 0.6 is 0 Å². The van der Waals surface area contributed by atoms with Crippen molar-refractivity contribution >= 4 is 23.5 Å². The monoisotopic (exact) mass is 416 g/mol. The maximum Gasteiger partial charge on any atom is 0.338 e. The molecule has 1 aliphatic rings.